The lowest BCUT2D eigenvalue weighted by atomic mass is 10.1. The molecule has 0 aliphatic heterocycles. The van der Waals surface area contributed by atoms with E-state index in [0.717, 1.165) is 12.3 Å². The minimum Gasteiger partial charge on any atom is -0.480 e. The Bertz CT molecular complexity index is 750. The van der Waals surface area contributed by atoms with E-state index in [4.69, 9.17) is 5.11 Å². The van der Waals surface area contributed by atoms with Crippen LogP contribution in [-0.2, 0) is 14.8 Å². The number of hydrogen-bond acceptors (Lipinski definition) is 4. The SMILES string of the molecule is O=C(O)C(NS(=O)(=O)c1ncccc1F)c1ccccc1. The van der Waals surface area contributed by atoms with E-state index in [2.05, 4.69) is 4.98 Å². The summed E-state index contributed by atoms with van der Waals surface area (Å²) in [5, 5.41) is 8.32. The van der Waals surface area contributed by atoms with Crippen molar-refractivity contribution in [1.82, 2.24) is 9.71 Å². The Morgan fingerprint density at radius 1 is 1.19 bits per heavy atom. The number of hydrogen-bond donors (Lipinski definition) is 2. The van der Waals surface area contributed by atoms with E-state index >= 15 is 0 Å². The molecule has 1 atom stereocenters. The molecule has 0 aliphatic carbocycles. The van der Waals surface area contributed by atoms with Gasteiger partial charge in [-0.1, -0.05) is 30.3 Å². The van der Waals surface area contributed by atoms with Crippen LogP contribution in [0.3, 0.4) is 0 Å². The fraction of sp³-hybridized carbons (Fsp3) is 0.0769. The Hall–Kier alpha value is -2.32. The first-order chi connectivity index (χ1) is 9.92. The number of aromatic nitrogens is 1. The number of halogens is 1. The standard InChI is InChI=1S/C13H11FN2O4S/c14-10-7-4-8-15-12(10)21(19,20)16-11(13(17)18)9-5-2-1-3-6-9/h1-8,11,16H,(H,17,18). The molecule has 2 N–H and O–H groups in total. The van der Waals surface area contributed by atoms with Gasteiger partial charge in [-0.25, -0.2) is 17.8 Å². The van der Waals surface area contributed by atoms with Crippen molar-refractivity contribution in [1.29, 1.82) is 0 Å². The third-order valence-corrected chi connectivity index (χ3v) is 3.99. The van der Waals surface area contributed by atoms with Crippen LogP contribution in [0.5, 0.6) is 0 Å². The second-order valence-electron chi connectivity index (χ2n) is 4.09. The Balaban J connectivity index is 2.38. The summed E-state index contributed by atoms with van der Waals surface area (Å²) in [6.45, 7) is 0. The van der Waals surface area contributed by atoms with Crippen LogP contribution < -0.4 is 4.72 Å². The highest BCUT2D eigenvalue weighted by Crippen LogP contribution is 2.18. The fourth-order valence-corrected chi connectivity index (χ4v) is 2.87. The summed E-state index contributed by atoms with van der Waals surface area (Å²) in [5.74, 6) is -2.46. The molecule has 0 spiro atoms. The number of benzene rings is 1. The van der Waals surface area contributed by atoms with Gasteiger partial charge in [0.05, 0.1) is 0 Å². The number of sulfonamides is 1. The van der Waals surface area contributed by atoms with Gasteiger partial charge in [-0.2, -0.15) is 4.72 Å². The number of nitrogens with one attached hydrogen (secondary N) is 1. The van der Waals surface area contributed by atoms with Crippen LogP contribution in [0, 0.1) is 5.82 Å². The van der Waals surface area contributed by atoms with Gasteiger partial charge in [0, 0.05) is 6.20 Å². The van der Waals surface area contributed by atoms with E-state index in [0.29, 0.717) is 0 Å². The van der Waals surface area contributed by atoms with Gasteiger partial charge >= 0.3 is 5.97 Å². The second-order valence-corrected chi connectivity index (χ2v) is 5.72. The van der Waals surface area contributed by atoms with Crippen molar-refractivity contribution in [3.8, 4) is 0 Å². The summed E-state index contributed by atoms with van der Waals surface area (Å²) < 4.78 is 39.6. The molecule has 1 unspecified atom stereocenters. The van der Waals surface area contributed by atoms with Crippen LogP contribution >= 0.6 is 0 Å². The molecule has 0 bridgehead atoms. The lowest BCUT2D eigenvalue weighted by molar-refractivity contribution is -0.139. The molecule has 1 aromatic carbocycles. The van der Waals surface area contributed by atoms with Crippen molar-refractivity contribution < 1.29 is 22.7 Å². The van der Waals surface area contributed by atoms with Crippen molar-refractivity contribution in [3.05, 3.63) is 60.0 Å². The molecule has 1 aromatic heterocycles. The summed E-state index contributed by atoms with van der Waals surface area (Å²) in [7, 11) is -4.40. The summed E-state index contributed by atoms with van der Waals surface area (Å²) in [5.41, 5.74) is 0.227. The van der Waals surface area contributed by atoms with Crippen molar-refractivity contribution in [2.75, 3.05) is 0 Å². The third-order valence-electron chi connectivity index (χ3n) is 2.63. The molecule has 0 radical (unpaired) electrons. The average molecular weight is 310 g/mol. The highest BCUT2D eigenvalue weighted by molar-refractivity contribution is 7.89. The first-order valence-corrected chi connectivity index (χ1v) is 7.31. The maximum atomic E-state index is 13.5. The van der Waals surface area contributed by atoms with Crippen LogP contribution in [-0.4, -0.2) is 24.5 Å². The molecule has 0 saturated carbocycles. The molecule has 0 fully saturated rings. The minimum atomic E-state index is -4.40. The van der Waals surface area contributed by atoms with Crippen molar-refractivity contribution in [3.63, 3.8) is 0 Å². The van der Waals surface area contributed by atoms with Gasteiger partial charge in [-0.3, -0.25) is 4.79 Å². The lowest BCUT2D eigenvalue weighted by Gasteiger charge is -2.14. The van der Waals surface area contributed by atoms with Gasteiger partial charge in [-0.15, -0.1) is 0 Å². The zero-order valence-corrected chi connectivity index (χ0v) is 11.4. The minimum absolute atomic E-state index is 0.227. The van der Waals surface area contributed by atoms with Gasteiger partial charge in [0.1, 0.15) is 6.04 Å². The quantitative estimate of drug-likeness (QED) is 0.868. The molecule has 2 rings (SSSR count). The molecular formula is C13H11FN2O4S. The molecule has 6 nitrogen and oxygen atoms in total. The van der Waals surface area contributed by atoms with Crippen LogP contribution in [0.4, 0.5) is 4.39 Å². The topological polar surface area (TPSA) is 96.4 Å². The molecule has 21 heavy (non-hydrogen) atoms. The molecule has 110 valence electrons. The Kier molecular flexibility index (Phi) is 4.29. The first-order valence-electron chi connectivity index (χ1n) is 5.82. The molecule has 0 saturated heterocycles. The highest BCUT2D eigenvalue weighted by Gasteiger charge is 2.29. The normalized spacial score (nSPS) is 12.8. The number of nitrogens with zero attached hydrogens (tertiary/aromatic N) is 1. The second kappa shape index (κ2) is 5.98. The maximum Gasteiger partial charge on any atom is 0.326 e. The van der Waals surface area contributed by atoms with Crippen LogP contribution in [0.2, 0.25) is 0 Å². The van der Waals surface area contributed by atoms with Crippen LogP contribution in [0.25, 0.3) is 0 Å². The predicted molar refractivity (Wildman–Crippen MR) is 71.3 cm³/mol. The Labute approximate surface area is 120 Å². The number of carboxylic acid groups (broad SMARTS) is 1. The Morgan fingerprint density at radius 3 is 2.43 bits per heavy atom. The average Bonchev–Trinajstić information content (AvgIpc) is 2.46. The number of aliphatic carboxylic acids is 1. The van der Waals surface area contributed by atoms with Gasteiger partial charge in [0.2, 0.25) is 5.03 Å². The Morgan fingerprint density at radius 2 is 1.86 bits per heavy atom. The van der Waals surface area contributed by atoms with Gasteiger partial charge < -0.3 is 5.11 Å². The highest BCUT2D eigenvalue weighted by atomic mass is 32.2. The van der Waals surface area contributed by atoms with Crippen molar-refractivity contribution >= 4 is 16.0 Å². The van der Waals surface area contributed by atoms with Crippen molar-refractivity contribution in [2.45, 2.75) is 11.1 Å². The molecule has 1 heterocycles. The van der Waals surface area contributed by atoms with Gasteiger partial charge in [-0.05, 0) is 17.7 Å². The van der Waals surface area contributed by atoms with E-state index < -0.39 is 32.9 Å². The number of pyridine rings is 1. The number of rotatable bonds is 5. The van der Waals surface area contributed by atoms with Crippen molar-refractivity contribution in [2.24, 2.45) is 0 Å². The monoisotopic (exact) mass is 310 g/mol. The number of carbonyl (C=O) groups is 1. The maximum absolute atomic E-state index is 13.5. The first kappa shape index (κ1) is 15.1. The summed E-state index contributed by atoms with van der Waals surface area (Å²) in [6, 6.07) is 8.35. The molecule has 0 amide bonds. The zero-order valence-electron chi connectivity index (χ0n) is 10.6. The van der Waals surface area contributed by atoms with E-state index in [9.17, 15) is 17.6 Å². The zero-order chi connectivity index (χ0) is 15.5. The summed E-state index contributed by atoms with van der Waals surface area (Å²) >= 11 is 0. The molecular weight excluding hydrogens is 299 g/mol. The summed E-state index contributed by atoms with van der Waals surface area (Å²) in [6.07, 6.45) is 1.11. The van der Waals surface area contributed by atoms with E-state index in [1.807, 2.05) is 4.72 Å². The summed E-state index contributed by atoms with van der Waals surface area (Å²) in [4.78, 5) is 14.7. The fourth-order valence-electron chi connectivity index (χ4n) is 1.69. The van der Waals surface area contributed by atoms with Crippen LogP contribution in [0.15, 0.2) is 53.7 Å². The largest absolute Gasteiger partial charge is 0.480 e. The molecule has 2 aromatic rings. The lowest BCUT2D eigenvalue weighted by Crippen LogP contribution is -2.34. The van der Waals surface area contributed by atoms with Crippen LogP contribution in [0.1, 0.15) is 11.6 Å². The molecule has 0 aliphatic rings. The smallest absolute Gasteiger partial charge is 0.326 e. The van der Waals surface area contributed by atoms with E-state index in [-0.39, 0.29) is 5.56 Å². The predicted octanol–water partition coefficient (Wildman–Crippen LogP) is 1.32. The number of carboxylic acids is 1. The molecule has 8 heteroatoms. The third kappa shape index (κ3) is 3.41. The van der Waals surface area contributed by atoms with Gasteiger partial charge in [0.15, 0.2) is 5.82 Å². The van der Waals surface area contributed by atoms with Gasteiger partial charge in [0.25, 0.3) is 10.0 Å². The van der Waals surface area contributed by atoms with E-state index in [1.165, 1.54) is 18.2 Å². The van der Waals surface area contributed by atoms with E-state index in [1.54, 1.807) is 18.2 Å².